The van der Waals surface area contributed by atoms with Crippen molar-refractivity contribution in [2.75, 3.05) is 13.1 Å². The summed E-state index contributed by atoms with van der Waals surface area (Å²) in [4.78, 5) is 13.5. The maximum atomic E-state index is 11.1. The summed E-state index contributed by atoms with van der Waals surface area (Å²) in [5.41, 5.74) is -0.806. The molecule has 0 aliphatic carbocycles. The maximum Gasteiger partial charge on any atom is 0.323 e. The van der Waals surface area contributed by atoms with Crippen molar-refractivity contribution >= 4 is 5.97 Å². The third-order valence-corrected chi connectivity index (χ3v) is 3.39. The fourth-order valence-electron chi connectivity index (χ4n) is 1.93. The fourth-order valence-corrected chi connectivity index (χ4v) is 1.93. The number of rotatable bonds is 8. The van der Waals surface area contributed by atoms with Crippen molar-refractivity contribution in [1.29, 1.82) is 0 Å². The minimum Gasteiger partial charge on any atom is -0.480 e. The molecule has 0 aromatic rings. The zero-order valence-corrected chi connectivity index (χ0v) is 12.1. The van der Waals surface area contributed by atoms with Crippen LogP contribution in [0.15, 0.2) is 0 Å². The third-order valence-electron chi connectivity index (χ3n) is 3.39. The van der Waals surface area contributed by atoms with Crippen LogP contribution in [0.2, 0.25) is 0 Å². The number of hydrogen-bond donors (Lipinski definition) is 2. The normalized spacial score (nSPS) is 15.6. The number of carbonyl (C=O) groups is 1. The summed E-state index contributed by atoms with van der Waals surface area (Å²) in [7, 11) is 0. The van der Waals surface area contributed by atoms with Gasteiger partial charge in [-0.1, -0.05) is 6.92 Å². The molecule has 0 aliphatic rings. The van der Waals surface area contributed by atoms with Gasteiger partial charge in [-0.2, -0.15) is 0 Å². The second-order valence-electron chi connectivity index (χ2n) is 5.34. The highest BCUT2D eigenvalue weighted by atomic mass is 16.4. The quantitative estimate of drug-likeness (QED) is 0.685. The van der Waals surface area contributed by atoms with Gasteiger partial charge in [-0.3, -0.25) is 9.69 Å². The number of carboxylic acids is 1. The lowest BCUT2D eigenvalue weighted by Gasteiger charge is -2.32. The minimum atomic E-state index is -0.806. The Bertz CT molecular complexity index is 234. The molecule has 0 aliphatic heterocycles. The highest BCUT2D eigenvalue weighted by Crippen LogP contribution is 2.09. The molecule has 0 aromatic heterocycles. The summed E-state index contributed by atoms with van der Waals surface area (Å²) >= 11 is 0. The summed E-state index contributed by atoms with van der Waals surface area (Å²) < 4.78 is 0. The molecule has 0 aromatic carbocycles. The smallest absolute Gasteiger partial charge is 0.323 e. The van der Waals surface area contributed by atoms with Crippen LogP contribution in [0.4, 0.5) is 0 Å². The molecule has 0 rings (SSSR count). The topological polar surface area (TPSA) is 52.6 Å². The number of carboxylic acid groups (broad SMARTS) is 1. The van der Waals surface area contributed by atoms with Crippen LogP contribution in [0.25, 0.3) is 0 Å². The van der Waals surface area contributed by atoms with Crippen LogP contribution in [-0.4, -0.2) is 46.7 Å². The lowest BCUT2D eigenvalue weighted by Crippen LogP contribution is -2.52. The number of hydrogen-bond acceptors (Lipinski definition) is 3. The van der Waals surface area contributed by atoms with E-state index in [0.29, 0.717) is 25.0 Å². The van der Waals surface area contributed by atoms with Gasteiger partial charge in [0, 0.05) is 25.2 Å². The second-order valence-corrected chi connectivity index (χ2v) is 5.34. The number of nitrogens with one attached hydrogen (secondary N) is 1. The van der Waals surface area contributed by atoms with E-state index in [1.165, 1.54) is 0 Å². The van der Waals surface area contributed by atoms with Crippen LogP contribution in [0.5, 0.6) is 0 Å². The molecule has 1 unspecified atom stereocenters. The molecule has 0 bridgehead atoms. The van der Waals surface area contributed by atoms with E-state index in [-0.39, 0.29) is 0 Å². The Morgan fingerprint density at radius 3 is 2.06 bits per heavy atom. The molecule has 102 valence electrons. The van der Waals surface area contributed by atoms with Crippen LogP contribution >= 0.6 is 0 Å². The van der Waals surface area contributed by atoms with Crippen molar-refractivity contribution in [2.24, 2.45) is 0 Å². The van der Waals surface area contributed by atoms with E-state index < -0.39 is 11.5 Å². The summed E-state index contributed by atoms with van der Waals surface area (Å²) in [6.45, 7) is 13.9. The Kier molecular flexibility index (Phi) is 6.72. The molecular weight excluding hydrogens is 216 g/mol. The molecule has 0 heterocycles. The first kappa shape index (κ1) is 16.4. The number of nitrogens with zero attached hydrogens (tertiary/aromatic N) is 1. The summed E-state index contributed by atoms with van der Waals surface area (Å²) in [5, 5.41) is 12.3. The Labute approximate surface area is 105 Å². The average Bonchev–Trinajstić information content (AvgIpc) is 2.22. The standard InChI is InChI=1S/C13H28N2O2/c1-7-13(6,12(16)17)14-8-9-15(10(2)3)11(4)5/h10-11,14H,7-9H2,1-6H3,(H,16,17). The molecule has 2 N–H and O–H groups in total. The monoisotopic (exact) mass is 244 g/mol. The predicted molar refractivity (Wildman–Crippen MR) is 71.3 cm³/mol. The highest BCUT2D eigenvalue weighted by molar-refractivity contribution is 5.78. The van der Waals surface area contributed by atoms with E-state index in [1.54, 1.807) is 6.92 Å². The molecule has 0 spiro atoms. The van der Waals surface area contributed by atoms with E-state index >= 15 is 0 Å². The largest absolute Gasteiger partial charge is 0.480 e. The second kappa shape index (κ2) is 6.97. The van der Waals surface area contributed by atoms with Crippen LogP contribution in [0, 0.1) is 0 Å². The third kappa shape index (κ3) is 5.04. The Morgan fingerprint density at radius 2 is 1.76 bits per heavy atom. The molecule has 0 radical (unpaired) electrons. The van der Waals surface area contributed by atoms with Crippen molar-refractivity contribution in [3.05, 3.63) is 0 Å². The van der Waals surface area contributed by atoms with Crippen molar-refractivity contribution in [1.82, 2.24) is 10.2 Å². The van der Waals surface area contributed by atoms with E-state index in [0.717, 1.165) is 6.54 Å². The van der Waals surface area contributed by atoms with Crippen molar-refractivity contribution in [3.8, 4) is 0 Å². The van der Waals surface area contributed by atoms with Gasteiger partial charge in [-0.25, -0.2) is 0 Å². The van der Waals surface area contributed by atoms with Gasteiger partial charge in [0.15, 0.2) is 0 Å². The Hall–Kier alpha value is -0.610. The zero-order chi connectivity index (χ0) is 13.6. The van der Waals surface area contributed by atoms with E-state index in [1.807, 2.05) is 6.92 Å². The summed E-state index contributed by atoms with van der Waals surface area (Å²) in [6, 6.07) is 0.962. The van der Waals surface area contributed by atoms with Gasteiger partial charge in [0.2, 0.25) is 0 Å². The van der Waals surface area contributed by atoms with Gasteiger partial charge >= 0.3 is 5.97 Å². The number of aliphatic carboxylic acids is 1. The van der Waals surface area contributed by atoms with Gasteiger partial charge < -0.3 is 10.4 Å². The fraction of sp³-hybridized carbons (Fsp3) is 0.923. The first-order chi connectivity index (χ1) is 7.74. The molecule has 4 nitrogen and oxygen atoms in total. The Balaban J connectivity index is 4.25. The summed E-state index contributed by atoms with van der Waals surface area (Å²) in [5.74, 6) is -0.777. The molecule has 4 heteroatoms. The van der Waals surface area contributed by atoms with Crippen molar-refractivity contribution in [3.63, 3.8) is 0 Å². The molecule has 0 fully saturated rings. The molecule has 0 saturated carbocycles. The van der Waals surface area contributed by atoms with Gasteiger partial charge in [0.1, 0.15) is 5.54 Å². The highest BCUT2D eigenvalue weighted by Gasteiger charge is 2.30. The lowest BCUT2D eigenvalue weighted by molar-refractivity contribution is -0.144. The molecule has 0 saturated heterocycles. The van der Waals surface area contributed by atoms with Crippen LogP contribution < -0.4 is 5.32 Å². The first-order valence-electron chi connectivity index (χ1n) is 6.48. The van der Waals surface area contributed by atoms with Gasteiger partial charge in [-0.05, 0) is 41.0 Å². The molecular formula is C13H28N2O2. The molecule has 17 heavy (non-hydrogen) atoms. The van der Waals surface area contributed by atoms with Crippen LogP contribution in [-0.2, 0) is 4.79 Å². The van der Waals surface area contributed by atoms with Crippen LogP contribution in [0.3, 0.4) is 0 Å². The van der Waals surface area contributed by atoms with Gasteiger partial charge in [-0.15, -0.1) is 0 Å². The van der Waals surface area contributed by atoms with Crippen LogP contribution in [0.1, 0.15) is 48.0 Å². The molecule has 0 amide bonds. The van der Waals surface area contributed by atoms with E-state index in [9.17, 15) is 4.79 Å². The Morgan fingerprint density at radius 1 is 1.29 bits per heavy atom. The predicted octanol–water partition coefficient (Wildman–Crippen LogP) is 1.95. The van der Waals surface area contributed by atoms with Gasteiger partial charge in [0.05, 0.1) is 0 Å². The molecule has 1 atom stereocenters. The van der Waals surface area contributed by atoms with Crippen molar-refractivity contribution < 1.29 is 9.90 Å². The van der Waals surface area contributed by atoms with E-state index in [4.69, 9.17) is 5.11 Å². The first-order valence-corrected chi connectivity index (χ1v) is 6.48. The maximum absolute atomic E-state index is 11.1. The lowest BCUT2D eigenvalue weighted by atomic mass is 9.99. The van der Waals surface area contributed by atoms with Crippen molar-refractivity contribution in [2.45, 2.75) is 65.6 Å². The zero-order valence-electron chi connectivity index (χ0n) is 12.1. The summed E-state index contributed by atoms with van der Waals surface area (Å²) in [6.07, 6.45) is 0.589. The SMILES string of the molecule is CCC(C)(NCCN(C(C)C)C(C)C)C(=O)O. The minimum absolute atomic E-state index is 0.481. The van der Waals surface area contributed by atoms with Gasteiger partial charge in [0.25, 0.3) is 0 Å². The van der Waals surface area contributed by atoms with E-state index in [2.05, 4.69) is 37.9 Å². The average molecular weight is 244 g/mol.